The van der Waals surface area contributed by atoms with E-state index >= 15 is 0 Å². The first-order valence-electron chi connectivity index (χ1n) is 9.64. The minimum absolute atomic E-state index is 0.120. The summed E-state index contributed by atoms with van der Waals surface area (Å²) in [4.78, 5) is 29.9. The average molecular weight is 361 g/mol. The molecule has 0 aromatic carbocycles. The number of hydrogen-bond donors (Lipinski definition) is 0. The van der Waals surface area contributed by atoms with E-state index in [1.165, 1.54) is 0 Å². The third kappa shape index (κ3) is 3.71. The summed E-state index contributed by atoms with van der Waals surface area (Å²) in [7, 11) is 1.72. The largest absolute Gasteiger partial charge is 0.373 e. The fraction of sp³-hybridized carbons (Fsp3) is 0.700. The molecule has 3 heterocycles. The molecule has 0 radical (unpaired) electrons. The smallest absolute Gasteiger partial charge is 0.263 e. The van der Waals surface area contributed by atoms with Crippen LogP contribution in [0.1, 0.15) is 48.3 Å². The van der Waals surface area contributed by atoms with Crippen molar-refractivity contribution in [1.82, 2.24) is 14.4 Å². The summed E-state index contributed by atoms with van der Waals surface area (Å²) < 4.78 is 7.39. The Hall–Kier alpha value is -1.66. The van der Waals surface area contributed by atoms with Crippen LogP contribution < -0.4 is 5.56 Å². The van der Waals surface area contributed by atoms with Gasteiger partial charge in [-0.15, -0.1) is 0 Å². The summed E-state index contributed by atoms with van der Waals surface area (Å²) in [5, 5.41) is 0. The average Bonchev–Trinajstić information content (AvgIpc) is 2.59. The van der Waals surface area contributed by atoms with Crippen LogP contribution in [-0.4, -0.2) is 64.7 Å². The number of aromatic nitrogens is 1. The molecule has 3 rings (SSSR count). The predicted molar refractivity (Wildman–Crippen MR) is 102 cm³/mol. The van der Waals surface area contributed by atoms with Gasteiger partial charge in [0, 0.05) is 45.0 Å². The molecule has 1 aromatic rings. The van der Waals surface area contributed by atoms with Crippen molar-refractivity contribution in [2.45, 2.75) is 58.8 Å². The number of amides is 1. The highest BCUT2D eigenvalue weighted by molar-refractivity contribution is 5.95. The maximum absolute atomic E-state index is 13.0. The highest BCUT2D eigenvalue weighted by Gasteiger charge is 2.32. The molecule has 2 saturated heterocycles. The van der Waals surface area contributed by atoms with E-state index in [1.54, 1.807) is 11.6 Å². The van der Waals surface area contributed by atoms with Gasteiger partial charge in [0.2, 0.25) is 0 Å². The topological polar surface area (TPSA) is 54.8 Å². The third-order valence-electron chi connectivity index (χ3n) is 5.80. The molecule has 2 aliphatic heterocycles. The number of nitrogens with zero attached hydrogens (tertiary/aromatic N) is 3. The number of aryl methyl sites for hydroxylation is 2. The van der Waals surface area contributed by atoms with Gasteiger partial charge in [-0.3, -0.25) is 14.5 Å². The van der Waals surface area contributed by atoms with Crippen molar-refractivity contribution in [2.24, 2.45) is 7.05 Å². The van der Waals surface area contributed by atoms with Crippen LogP contribution in [0.4, 0.5) is 0 Å². The molecule has 6 heteroatoms. The Morgan fingerprint density at radius 1 is 1.12 bits per heavy atom. The van der Waals surface area contributed by atoms with E-state index in [-0.39, 0.29) is 23.7 Å². The van der Waals surface area contributed by atoms with E-state index in [0.29, 0.717) is 24.7 Å². The Morgan fingerprint density at radius 2 is 1.69 bits per heavy atom. The van der Waals surface area contributed by atoms with E-state index in [0.717, 1.165) is 37.2 Å². The van der Waals surface area contributed by atoms with E-state index in [4.69, 9.17) is 4.74 Å². The molecule has 6 nitrogen and oxygen atoms in total. The van der Waals surface area contributed by atoms with Gasteiger partial charge in [-0.2, -0.15) is 0 Å². The molecule has 0 N–H and O–H groups in total. The zero-order chi connectivity index (χ0) is 19.0. The first-order chi connectivity index (χ1) is 12.3. The molecule has 144 valence electrons. The summed E-state index contributed by atoms with van der Waals surface area (Å²) >= 11 is 0. The molecule has 26 heavy (non-hydrogen) atoms. The molecule has 2 atom stereocenters. The van der Waals surface area contributed by atoms with Crippen molar-refractivity contribution in [3.8, 4) is 0 Å². The highest BCUT2D eigenvalue weighted by atomic mass is 16.5. The molecular weight excluding hydrogens is 330 g/mol. The lowest BCUT2D eigenvalue weighted by atomic mass is 10.00. The number of morpholine rings is 1. The summed E-state index contributed by atoms with van der Waals surface area (Å²) in [6, 6.07) is 2.41. The second kappa shape index (κ2) is 7.53. The number of piperidine rings is 1. The van der Waals surface area contributed by atoms with Gasteiger partial charge in [0.15, 0.2) is 0 Å². The fourth-order valence-corrected chi connectivity index (χ4v) is 4.35. The summed E-state index contributed by atoms with van der Waals surface area (Å²) in [5.41, 5.74) is 1.78. The fourth-order valence-electron chi connectivity index (χ4n) is 4.35. The molecule has 0 unspecified atom stereocenters. The Balaban J connectivity index is 1.68. The van der Waals surface area contributed by atoms with Crippen molar-refractivity contribution in [3.05, 3.63) is 33.2 Å². The number of pyridine rings is 1. The second-order valence-electron chi connectivity index (χ2n) is 7.94. The molecule has 2 aliphatic rings. The van der Waals surface area contributed by atoms with Crippen molar-refractivity contribution in [3.63, 3.8) is 0 Å². The molecule has 2 fully saturated rings. The molecule has 0 spiro atoms. The summed E-state index contributed by atoms with van der Waals surface area (Å²) in [6.07, 6.45) is 2.43. The lowest BCUT2D eigenvalue weighted by Crippen LogP contribution is -2.54. The van der Waals surface area contributed by atoms with Gasteiger partial charge >= 0.3 is 0 Å². The SMILES string of the molecule is Cc1cc(C)n(C)c(=O)c1C(=O)N1CCC(N2C[C@@H](C)O[C@@H](C)C2)CC1. The quantitative estimate of drug-likeness (QED) is 0.805. The van der Waals surface area contributed by atoms with Crippen molar-refractivity contribution >= 4 is 5.91 Å². The monoisotopic (exact) mass is 361 g/mol. The molecule has 1 amide bonds. The maximum atomic E-state index is 13.0. The molecular formula is C20H31N3O3. The Labute approximate surface area is 155 Å². The highest BCUT2D eigenvalue weighted by Crippen LogP contribution is 2.22. The maximum Gasteiger partial charge on any atom is 0.263 e. The second-order valence-corrected chi connectivity index (χ2v) is 7.94. The number of likely N-dealkylation sites (tertiary alicyclic amines) is 1. The molecule has 0 bridgehead atoms. The van der Waals surface area contributed by atoms with E-state index < -0.39 is 0 Å². The standard InChI is InChI=1S/C20H31N3O3/c1-13-10-14(2)21(5)19(24)18(13)20(25)22-8-6-17(7-9-22)23-11-15(3)26-16(4)12-23/h10,15-17H,6-9,11-12H2,1-5H3/t15-,16+. The molecule has 1 aromatic heterocycles. The van der Waals surface area contributed by atoms with Gasteiger partial charge in [-0.05, 0) is 52.2 Å². The van der Waals surface area contributed by atoms with Gasteiger partial charge in [-0.1, -0.05) is 0 Å². The zero-order valence-corrected chi connectivity index (χ0v) is 16.6. The van der Waals surface area contributed by atoms with Crippen LogP contribution in [0.5, 0.6) is 0 Å². The number of carbonyl (C=O) groups excluding carboxylic acids is 1. The number of rotatable bonds is 2. The number of carbonyl (C=O) groups is 1. The number of ether oxygens (including phenoxy) is 1. The summed E-state index contributed by atoms with van der Waals surface area (Å²) in [5.74, 6) is -0.120. The molecule has 0 aliphatic carbocycles. The Morgan fingerprint density at radius 3 is 2.27 bits per heavy atom. The first kappa shape index (κ1) is 19.1. The van der Waals surface area contributed by atoms with Crippen LogP contribution in [0.2, 0.25) is 0 Å². The van der Waals surface area contributed by atoms with Gasteiger partial charge in [0.05, 0.1) is 12.2 Å². The van der Waals surface area contributed by atoms with Crippen LogP contribution in [0.15, 0.2) is 10.9 Å². The Bertz CT molecular complexity index is 725. The zero-order valence-electron chi connectivity index (χ0n) is 16.6. The van der Waals surface area contributed by atoms with Crippen LogP contribution >= 0.6 is 0 Å². The van der Waals surface area contributed by atoms with E-state index in [2.05, 4.69) is 18.7 Å². The number of hydrogen-bond acceptors (Lipinski definition) is 4. The summed E-state index contributed by atoms with van der Waals surface area (Å²) in [6.45, 7) is 11.3. The van der Waals surface area contributed by atoms with Gasteiger partial charge in [-0.25, -0.2) is 0 Å². The van der Waals surface area contributed by atoms with Crippen LogP contribution in [0.3, 0.4) is 0 Å². The van der Waals surface area contributed by atoms with Crippen LogP contribution in [-0.2, 0) is 11.8 Å². The van der Waals surface area contributed by atoms with Gasteiger partial charge in [0.1, 0.15) is 5.56 Å². The first-order valence-corrected chi connectivity index (χ1v) is 9.64. The van der Waals surface area contributed by atoms with Crippen molar-refractivity contribution < 1.29 is 9.53 Å². The van der Waals surface area contributed by atoms with Crippen molar-refractivity contribution in [1.29, 1.82) is 0 Å². The normalized spacial score (nSPS) is 25.5. The molecule has 0 saturated carbocycles. The van der Waals surface area contributed by atoms with Gasteiger partial charge in [0.25, 0.3) is 11.5 Å². The lowest BCUT2D eigenvalue weighted by Gasteiger charge is -2.43. The van der Waals surface area contributed by atoms with Crippen LogP contribution in [0.25, 0.3) is 0 Å². The van der Waals surface area contributed by atoms with E-state index in [9.17, 15) is 9.59 Å². The lowest BCUT2D eigenvalue weighted by molar-refractivity contribution is -0.0856. The predicted octanol–water partition coefficient (Wildman–Crippen LogP) is 1.72. The van der Waals surface area contributed by atoms with E-state index in [1.807, 2.05) is 24.8 Å². The minimum Gasteiger partial charge on any atom is -0.373 e. The third-order valence-corrected chi connectivity index (χ3v) is 5.80. The van der Waals surface area contributed by atoms with Gasteiger partial charge < -0.3 is 14.2 Å². The Kier molecular flexibility index (Phi) is 5.53. The van der Waals surface area contributed by atoms with Crippen molar-refractivity contribution in [2.75, 3.05) is 26.2 Å². The van der Waals surface area contributed by atoms with Crippen LogP contribution in [0, 0.1) is 13.8 Å². The minimum atomic E-state index is -0.189.